The summed E-state index contributed by atoms with van der Waals surface area (Å²) in [5.41, 5.74) is 5.71. The van der Waals surface area contributed by atoms with E-state index in [0.29, 0.717) is 11.3 Å². The molecule has 0 bridgehead atoms. The lowest BCUT2D eigenvalue weighted by Gasteiger charge is -2.34. The maximum atomic E-state index is 12.5. The van der Waals surface area contributed by atoms with Crippen molar-refractivity contribution in [1.82, 2.24) is 14.7 Å². The van der Waals surface area contributed by atoms with Crippen LogP contribution in [0.15, 0.2) is 0 Å². The Labute approximate surface area is 147 Å². The summed E-state index contributed by atoms with van der Waals surface area (Å²) in [6.07, 6.45) is -1.08. The van der Waals surface area contributed by atoms with Gasteiger partial charge < -0.3 is 15.2 Å². The predicted molar refractivity (Wildman–Crippen MR) is 91.1 cm³/mol. The molecule has 0 atom stereocenters. The second-order valence-electron chi connectivity index (χ2n) is 6.95. The van der Waals surface area contributed by atoms with Crippen molar-refractivity contribution in [2.24, 2.45) is 0 Å². The molecule has 1 aromatic heterocycles. The first-order valence-corrected chi connectivity index (χ1v) is 7.54. The van der Waals surface area contributed by atoms with E-state index in [1.165, 1.54) is 4.90 Å². The van der Waals surface area contributed by atoms with Crippen molar-refractivity contribution in [3.8, 4) is 0 Å². The van der Waals surface area contributed by atoms with Crippen LogP contribution in [0.5, 0.6) is 0 Å². The maximum absolute atomic E-state index is 12.5. The van der Waals surface area contributed by atoms with Gasteiger partial charge in [0.25, 0.3) is 0 Å². The second-order valence-corrected chi connectivity index (χ2v) is 6.95. The summed E-state index contributed by atoms with van der Waals surface area (Å²) in [6, 6.07) is 0. The highest BCUT2D eigenvalue weighted by Crippen LogP contribution is 2.42. The van der Waals surface area contributed by atoms with E-state index in [-0.39, 0.29) is 31.4 Å². The zero-order valence-electron chi connectivity index (χ0n) is 14.9. The first-order valence-electron chi connectivity index (χ1n) is 7.54. The highest BCUT2D eigenvalue weighted by molar-refractivity contribution is 5.85. The van der Waals surface area contributed by atoms with Crippen LogP contribution in [0, 0.1) is 0 Å². The Morgan fingerprint density at radius 3 is 2.38 bits per heavy atom. The Morgan fingerprint density at radius 1 is 1.29 bits per heavy atom. The molecule has 1 amide bonds. The minimum absolute atomic E-state index is 0. The summed E-state index contributed by atoms with van der Waals surface area (Å²) >= 11 is 0. The molecule has 136 valence electrons. The van der Waals surface area contributed by atoms with E-state index in [1.54, 1.807) is 27.7 Å². The SMILES string of the molecule is CCOC(=O)n1nc(N)c2c1C(C)(C)N(C(=O)OC(C)(C)C)C2.Cl. The van der Waals surface area contributed by atoms with Gasteiger partial charge in [0.2, 0.25) is 0 Å². The number of nitrogens with zero attached hydrogens (tertiary/aromatic N) is 3. The van der Waals surface area contributed by atoms with Crippen LogP contribution in [0.3, 0.4) is 0 Å². The molecule has 9 heteroatoms. The Hall–Kier alpha value is -1.96. The van der Waals surface area contributed by atoms with Gasteiger partial charge in [-0.3, -0.25) is 4.90 Å². The van der Waals surface area contributed by atoms with Crippen LogP contribution < -0.4 is 5.73 Å². The molecule has 2 heterocycles. The van der Waals surface area contributed by atoms with Gasteiger partial charge >= 0.3 is 12.2 Å². The average Bonchev–Trinajstić information content (AvgIpc) is 2.84. The molecule has 1 aliphatic heterocycles. The number of ether oxygens (including phenoxy) is 2. The van der Waals surface area contributed by atoms with Crippen molar-refractivity contribution in [2.75, 3.05) is 12.3 Å². The summed E-state index contributed by atoms with van der Waals surface area (Å²) in [7, 11) is 0. The normalized spacial score (nSPS) is 15.5. The van der Waals surface area contributed by atoms with Gasteiger partial charge in [0.1, 0.15) is 5.60 Å². The molecule has 2 rings (SSSR count). The average molecular weight is 361 g/mol. The summed E-state index contributed by atoms with van der Waals surface area (Å²) in [5.74, 6) is 0.215. The van der Waals surface area contributed by atoms with Crippen LogP contribution in [0.2, 0.25) is 0 Å². The molecule has 1 aliphatic rings. The summed E-state index contributed by atoms with van der Waals surface area (Å²) in [5, 5.41) is 4.06. The molecular weight excluding hydrogens is 336 g/mol. The molecule has 1 aromatic rings. The molecule has 0 aliphatic carbocycles. The van der Waals surface area contributed by atoms with Gasteiger partial charge in [-0.25, -0.2) is 9.59 Å². The third kappa shape index (κ3) is 3.43. The number of carbonyl (C=O) groups is 2. The standard InChI is InChI=1S/C15H24N4O4.ClH/c1-7-22-13(21)19-10-9(11(16)17-19)8-18(15(10,5)6)12(20)23-14(2,3)4;/h7-8H2,1-6H3,(H2,16,17);1H. The number of anilines is 1. The number of hydrogen-bond donors (Lipinski definition) is 1. The van der Waals surface area contributed by atoms with Crippen LogP contribution in [0.25, 0.3) is 0 Å². The first-order chi connectivity index (χ1) is 10.5. The Bertz CT molecular complexity index is 649. The largest absolute Gasteiger partial charge is 0.448 e. The van der Waals surface area contributed by atoms with Gasteiger partial charge in [0.05, 0.1) is 24.4 Å². The lowest BCUT2D eigenvalue weighted by Crippen LogP contribution is -2.44. The van der Waals surface area contributed by atoms with Crippen LogP contribution in [0.1, 0.15) is 52.8 Å². The number of halogens is 1. The van der Waals surface area contributed by atoms with E-state index in [4.69, 9.17) is 15.2 Å². The third-order valence-electron chi connectivity index (χ3n) is 3.64. The van der Waals surface area contributed by atoms with Gasteiger partial charge in [0.15, 0.2) is 5.82 Å². The molecule has 2 N–H and O–H groups in total. The fourth-order valence-electron chi connectivity index (χ4n) is 2.66. The van der Waals surface area contributed by atoms with Crippen molar-refractivity contribution < 1.29 is 19.1 Å². The van der Waals surface area contributed by atoms with Crippen molar-refractivity contribution in [1.29, 1.82) is 0 Å². The second kappa shape index (κ2) is 6.51. The third-order valence-corrected chi connectivity index (χ3v) is 3.64. The smallest absolute Gasteiger partial charge is 0.435 e. The topological polar surface area (TPSA) is 99.7 Å². The zero-order chi connectivity index (χ0) is 17.6. The van der Waals surface area contributed by atoms with E-state index < -0.39 is 23.3 Å². The number of carbonyl (C=O) groups excluding carboxylic acids is 2. The van der Waals surface area contributed by atoms with E-state index in [1.807, 2.05) is 13.8 Å². The lowest BCUT2D eigenvalue weighted by atomic mass is 10.0. The fraction of sp³-hybridized carbons (Fsp3) is 0.667. The number of aromatic nitrogens is 2. The summed E-state index contributed by atoms with van der Waals surface area (Å²) in [4.78, 5) is 26.1. The van der Waals surface area contributed by atoms with E-state index in [9.17, 15) is 9.59 Å². The number of nitrogen functional groups attached to an aromatic ring is 1. The monoisotopic (exact) mass is 360 g/mol. The molecule has 8 nitrogen and oxygen atoms in total. The molecule has 24 heavy (non-hydrogen) atoms. The van der Waals surface area contributed by atoms with E-state index in [2.05, 4.69) is 5.10 Å². The van der Waals surface area contributed by atoms with Gasteiger partial charge in [-0.05, 0) is 41.5 Å². The Morgan fingerprint density at radius 2 is 1.88 bits per heavy atom. The van der Waals surface area contributed by atoms with Crippen molar-refractivity contribution in [3.05, 3.63) is 11.3 Å². The van der Waals surface area contributed by atoms with Crippen molar-refractivity contribution >= 4 is 30.4 Å². The minimum atomic E-state index is -0.797. The summed E-state index contributed by atoms with van der Waals surface area (Å²) < 4.78 is 11.6. The number of rotatable bonds is 1. The van der Waals surface area contributed by atoms with Crippen LogP contribution in [-0.4, -0.2) is 39.1 Å². The minimum Gasteiger partial charge on any atom is -0.448 e. The molecule has 0 saturated heterocycles. The van der Waals surface area contributed by atoms with Crippen LogP contribution in [0.4, 0.5) is 15.4 Å². The van der Waals surface area contributed by atoms with Crippen molar-refractivity contribution in [3.63, 3.8) is 0 Å². The van der Waals surface area contributed by atoms with Gasteiger partial charge in [-0.1, -0.05) is 0 Å². The molecule has 0 aromatic carbocycles. The molecule has 0 saturated carbocycles. The Balaban J connectivity index is 0.00000288. The van der Waals surface area contributed by atoms with E-state index >= 15 is 0 Å². The zero-order valence-corrected chi connectivity index (χ0v) is 15.7. The Kier molecular flexibility index (Phi) is 5.44. The highest BCUT2D eigenvalue weighted by atomic mass is 35.5. The molecular formula is C15H25ClN4O4. The lowest BCUT2D eigenvalue weighted by molar-refractivity contribution is 0.00388. The highest BCUT2D eigenvalue weighted by Gasteiger charge is 2.47. The van der Waals surface area contributed by atoms with Gasteiger partial charge in [-0.15, -0.1) is 17.5 Å². The van der Waals surface area contributed by atoms with Gasteiger partial charge in [0, 0.05) is 5.56 Å². The number of hydrogen-bond acceptors (Lipinski definition) is 6. The molecule has 0 radical (unpaired) electrons. The molecule has 0 spiro atoms. The van der Waals surface area contributed by atoms with Crippen LogP contribution >= 0.6 is 12.4 Å². The predicted octanol–water partition coefficient (Wildman–Crippen LogP) is 2.88. The molecule has 0 unspecified atom stereocenters. The number of fused-ring (bicyclic) bond motifs is 1. The fourth-order valence-corrected chi connectivity index (χ4v) is 2.66. The van der Waals surface area contributed by atoms with E-state index in [0.717, 1.165) is 4.68 Å². The van der Waals surface area contributed by atoms with Crippen LogP contribution in [-0.2, 0) is 21.6 Å². The molecule has 0 fully saturated rings. The van der Waals surface area contributed by atoms with Crippen molar-refractivity contribution in [2.45, 2.75) is 59.2 Å². The summed E-state index contributed by atoms with van der Waals surface area (Å²) in [6.45, 7) is 11.2. The first kappa shape index (κ1) is 20.1. The maximum Gasteiger partial charge on any atom is 0.435 e. The number of amides is 1. The van der Waals surface area contributed by atoms with Gasteiger partial charge in [-0.2, -0.15) is 4.68 Å². The quantitative estimate of drug-likeness (QED) is 0.826. The number of nitrogens with two attached hydrogens (primary N) is 1.